The number of ether oxygens (including phenoxy) is 1. The van der Waals surface area contributed by atoms with E-state index in [4.69, 9.17) is 25.5 Å². The van der Waals surface area contributed by atoms with Crippen molar-refractivity contribution in [1.29, 1.82) is 0 Å². The number of hydrogen-bond donors (Lipinski definition) is 2. The van der Waals surface area contributed by atoms with Gasteiger partial charge in [-0.3, -0.25) is 0 Å². The Labute approximate surface area is 185 Å². The summed E-state index contributed by atoms with van der Waals surface area (Å²) < 4.78 is 17.7. The van der Waals surface area contributed by atoms with Crippen LogP contribution in [-0.2, 0) is 9.31 Å². The molecule has 4 N–H and O–H groups in total. The molecule has 0 aliphatic carbocycles. The Hall–Kier alpha value is -2.57. The first-order valence-corrected chi connectivity index (χ1v) is 10.7. The minimum absolute atomic E-state index is 0.00381. The monoisotopic (exact) mass is 416 g/mol. The van der Waals surface area contributed by atoms with Crippen LogP contribution < -0.4 is 32.6 Å². The number of nitrogens with two attached hydrogens (primary N) is 2. The Balaban J connectivity index is 1.68. The molecule has 7 heteroatoms. The smallest absolute Gasteiger partial charge is 0.361 e. The topological polar surface area (TPSA) is 79.7 Å². The summed E-state index contributed by atoms with van der Waals surface area (Å²) in [5, 5.41) is 0. The Bertz CT molecular complexity index is 919. The fourth-order valence-corrected chi connectivity index (χ4v) is 3.31. The molecule has 31 heavy (non-hydrogen) atoms. The molecule has 3 rings (SSSR count). The van der Waals surface area contributed by atoms with Crippen molar-refractivity contribution in [3.05, 3.63) is 78.4 Å². The zero-order chi connectivity index (χ0) is 22.1. The number of hydrogen-bond acceptors (Lipinski definition) is 5. The van der Waals surface area contributed by atoms with E-state index >= 15 is 0 Å². The molecule has 0 saturated carbocycles. The second kappa shape index (κ2) is 11.7. The van der Waals surface area contributed by atoms with Gasteiger partial charge < -0.3 is 25.5 Å². The molecule has 160 valence electrons. The third kappa shape index (κ3) is 6.71. The minimum Gasteiger partial charge on any atom is -0.457 e. The molecular formula is C24H30B2N2O3. The van der Waals surface area contributed by atoms with E-state index in [1.54, 1.807) is 0 Å². The summed E-state index contributed by atoms with van der Waals surface area (Å²) in [4.78, 5) is 0. The van der Waals surface area contributed by atoms with Crippen LogP contribution in [0.4, 0.5) is 0 Å². The highest BCUT2D eigenvalue weighted by Gasteiger charge is 2.21. The zero-order valence-corrected chi connectivity index (χ0v) is 18.3. The third-order valence-electron chi connectivity index (χ3n) is 5.04. The van der Waals surface area contributed by atoms with E-state index in [0.29, 0.717) is 26.3 Å². The number of rotatable bonds is 11. The molecule has 0 bridgehead atoms. The van der Waals surface area contributed by atoms with Gasteiger partial charge in [-0.15, -0.1) is 0 Å². The van der Waals surface area contributed by atoms with E-state index in [-0.39, 0.29) is 13.8 Å². The fourth-order valence-electron chi connectivity index (χ4n) is 3.31. The molecule has 0 radical (unpaired) electrons. The van der Waals surface area contributed by atoms with E-state index in [1.165, 1.54) is 5.56 Å². The Morgan fingerprint density at radius 3 is 1.61 bits per heavy atom. The maximum atomic E-state index is 6.04. The lowest BCUT2D eigenvalue weighted by Crippen LogP contribution is -2.45. The highest BCUT2D eigenvalue weighted by Crippen LogP contribution is 2.19. The second-order valence-corrected chi connectivity index (χ2v) is 7.49. The molecule has 5 nitrogen and oxygen atoms in total. The van der Waals surface area contributed by atoms with Crippen molar-refractivity contribution in [2.75, 3.05) is 26.3 Å². The van der Waals surface area contributed by atoms with Gasteiger partial charge in [-0.2, -0.15) is 0 Å². The minimum atomic E-state index is -0.160. The van der Waals surface area contributed by atoms with Crippen LogP contribution in [0.15, 0.2) is 72.8 Å². The quantitative estimate of drug-likeness (QED) is 0.465. The Kier molecular flexibility index (Phi) is 8.74. The van der Waals surface area contributed by atoms with Crippen LogP contribution in [0.3, 0.4) is 0 Å². The van der Waals surface area contributed by atoms with E-state index in [1.807, 2.05) is 55.4 Å². The van der Waals surface area contributed by atoms with E-state index in [9.17, 15) is 0 Å². The predicted molar refractivity (Wildman–Crippen MR) is 130 cm³/mol. The molecule has 3 aromatic carbocycles. The molecule has 0 aliphatic heterocycles. The van der Waals surface area contributed by atoms with Gasteiger partial charge >= 0.3 is 13.8 Å². The third-order valence-corrected chi connectivity index (χ3v) is 5.04. The first-order chi connectivity index (χ1) is 15.1. The molecule has 0 atom stereocenters. The second-order valence-electron chi connectivity index (χ2n) is 7.49. The van der Waals surface area contributed by atoms with Crippen LogP contribution in [0.25, 0.3) is 0 Å². The SMILES string of the molecule is CB(OCCN)c1ccc(Oc2ccc(B(OCCN)c3ccc(C)cc3)cc2)cc1. The van der Waals surface area contributed by atoms with Crippen LogP contribution in [0.5, 0.6) is 11.5 Å². The van der Waals surface area contributed by atoms with Crippen LogP contribution in [0, 0.1) is 6.92 Å². The van der Waals surface area contributed by atoms with E-state index in [2.05, 4.69) is 31.2 Å². The lowest BCUT2D eigenvalue weighted by Gasteiger charge is -2.16. The molecule has 3 aromatic rings. The highest BCUT2D eigenvalue weighted by atomic mass is 16.5. The van der Waals surface area contributed by atoms with Gasteiger partial charge in [0.25, 0.3) is 0 Å². The van der Waals surface area contributed by atoms with Crippen molar-refractivity contribution < 1.29 is 14.0 Å². The van der Waals surface area contributed by atoms with Gasteiger partial charge in [-0.1, -0.05) is 60.9 Å². The summed E-state index contributed by atoms with van der Waals surface area (Å²) in [6.45, 7) is 5.98. The average molecular weight is 416 g/mol. The predicted octanol–water partition coefficient (Wildman–Crippen LogP) is 1.67. The molecular weight excluding hydrogens is 386 g/mol. The van der Waals surface area contributed by atoms with Crippen molar-refractivity contribution in [3.8, 4) is 11.5 Å². The molecule has 0 unspecified atom stereocenters. The molecule has 0 aliphatic rings. The maximum absolute atomic E-state index is 6.04. The lowest BCUT2D eigenvalue weighted by atomic mass is 9.55. The highest BCUT2D eigenvalue weighted by molar-refractivity contribution is 6.80. The normalized spacial score (nSPS) is 10.7. The largest absolute Gasteiger partial charge is 0.457 e. The fraction of sp³-hybridized carbons (Fsp3) is 0.250. The summed E-state index contributed by atoms with van der Waals surface area (Å²) in [5.41, 5.74) is 15.6. The average Bonchev–Trinajstić information content (AvgIpc) is 2.80. The van der Waals surface area contributed by atoms with Gasteiger partial charge in [0.1, 0.15) is 11.5 Å². The van der Waals surface area contributed by atoms with Crippen molar-refractivity contribution >= 4 is 30.2 Å². The van der Waals surface area contributed by atoms with Crippen molar-refractivity contribution in [2.45, 2.75) is 13.7 Å². The van der Waals surface area contributed by atoms with Crippen LogP contribution in [-0.4, -0.2) is 40.1 Å². The van der Waals surface area contributed by atoms with Crippen LogP contribution in [0.1, 0.15) is 5.56 Å². The zero-order valence-electron chi connectivity index (χ0n) is 18.3. The first-order valence-electron chi connectivity index (χ1n) is 10.7. The number of benzene rings is 3. The van der Waals surface area contributed by atoms with Gasteiger partial charge in [-0.25, -0.2) is 0 Å². The van der Waals surface area contributed by atoms with E-state index in [0.717, 1.165) is 27.9 Å². The summed E-state index contributed by atoms with van der Waals surface area (Å²) in [5.74, 6) is 1.54. The summed E-state index contributed by atoms with van der Waals surface area (Å²) in [6.07, 6.45) is 0. The van der Waals surface area contributed by atoms with Crippen LogP contribution in [0.2, 0.25) is 6.82 Å². The first kappa shape index (κ1) is 23.1. The standard InChI is InChI=1S/C24H30B2N2O3/c1-19-3-5-21(6-4-19)26(30-18-16-28)22-9-13-24(14-10-22)31-23-11-7-20(8-12-23)25(2)29-17-15-27/h3-14H,15-18,27-28H2,1-2H3. The van der Waals surface area contributed by atoms with Gasteiger partial charge in [0, 0.05) is 26.3 Å². The lowest BCUT2D eigenvalue weighted by molar-refractivity contribution is 0.341. The van der Waals surface area contributed by atoms with Crippen molar-refractivity contribution in [2.24, 2.45) is 11.5 Å². The van der Waals surface area contributed by atoms with Gasteiger partial charge in [-0.05, 0) is 47.6 Å². The molecule has 0 aromatic heterocycles. The van der Waals surface area contributed by atoms with Crippen molar-refractivity contribution in [3.63, 3.8) is 0 Å². The summed E-state index contributed by atoms with van der Waals surface area (Å²) >= 11 is 0. The molecule has 0 amide bonds. The molecule has 0 heterocycles. The van der Waals surface area contributed by atoms with Gasteiger partial charge in [0.15, 0.2) is 0 Å². The van der Waals surface area contributed by atoms with Gasteiger partial charge in [0.2, 0.25) is 0 Å². The summed E-state index contributed by atoms with van der Waals surface area (Å²) in [7, 11) is 0. The molecule has 0 spiro atoms. The Morgan fingerprint density at radius 1 is 0.645 bits per heavy atom. The van der Waals surface area contributed by atoms with E-state index < -0.39 is 0 Å². The van der Waals surface area contributed by atoms with Crippen LogP contribution >= 0.6 is 0 Å². The summed E-state index contributed by atoms with van der Waals surface area (Å²) in [6, 6.07) is 24.3. The van der Waals surface area contributed by atoms with Crippen molar-refractivity contribution in [1.82, 2.24) is 0 Å². The molecule has 0 saturated heterocycles. The van der Waals surface area contributed by atoms with Gasteiger partial charge in [0.05, 0.1) is 0 Å². The number of aryl methyl sites for hydroxylation is 1. The Morgan fingerprint density at radius 2 is 1.10 bits per heavy atom. The maximum Gasteiger partial charge on any atom is 0.361 e. The molecule has 0 fully saturated rings.